The Morgan fingerprint density at radius 2 is 1.96 bits per heavy atom. The Morgan fingerprint density at radius 1 is 1.26 bits per heavy atom. The Bertz CT molecular complexity index is 884. The van der Waals surface area contributed by atoms with Gasteiger partial charge in [-0.05, 0) is 26.0 Å². The predicted octanol–water partition coefficient (Wildman–Crippen LogP) is 1.03. The molecule has 8 heteroatoms. The lowest BCUT2D eigenvalue weighted by Gasteiger charge is -2.35. The molecule has 0 spiro atoms. The molecule has 2 heterocycles. The number of amides is 1. The Balaban J connectivity index is 1.50. The number of para-hydroxylation sites is 1. The second-order valence-electron chi connectivity index (χ2n) is 6.75. The van der Waals surface area contributed by atoms with Crippen LogP contribution in [0, 0.1) is 0 Å². The van der Waals surface area contributed by atoms with E-state index in [-0.39, 0.29) is 43.1 Å². The molecule has 1 amide bonds. The van der Waals surface area contributed by atoms with E-state index in [0.29, 0.717) is 29.8 Å². The minimum absolute atomic E-state index is 0.0322. The predicted molar refractivity (Wildman–Crippen MR) is 98.2 cm³/mol. The van der Waals surface area contributed by atoms with E-state index in [1.807, 2.05) is 13.8 Å². The Hall–Kier alpha value is -2.74. The largest absolute Gasteiger partial charge is 0.456 e. The average molecular weight is 373 g/mol. The van der Waals surface area contributed by atoms with Crippen LogP contribution in [0.15, 0.2) is 29.1 Å². The number of carbonyl (C=O) groups excluding carboxylic acids is 2. The summed E-state index contributed by atoms with van der Waals surface area (Å²) in [4.78, 5) is 44.8. The minimum atomic E-state index is -0.506. The van der Waals surface area contributed by atoms with Crippen molar-refractivity contribution >= 4 is 22.8 Å². The van der Waals surface area contributed by atoms with E-state index in [9.17, 15) is 14.4 Å². The Kier molecular flexibility index (Phi) is 5.85. The van der Waals surface area contributed by atoms with E-state index < -0.39 is 5.97 Å². The highest BCUT2D eigenvalue weighted by molar-refractivity contribution is 5.81. The molecular weight excluding hydrogens is 350 g/mol. The van der Waals surface area contributed by atoms with Crippen LogP contribution in [0.5, 0.6) is 0 Å². The summed E-state index contributed by atoms with van der Waals surface area (Å²) in [6.45, 7) is 4.49. The summed E-state index contributed by atoms with van der Waals surface area (Å²) in [6, 6.07) is 7.00. The summed E-state index contributed by atoms with van der Waals surface area (Å²) in [7, 11) is 0. The van der Waals surface area contributed by atoms with Crippen molar-refractivity contribution in [3.05, 3.63) is 40.4 Å². The van der Waals surface area contributed by atoms with Crippen molar-refractivity contribution in [3.8, 4) is 0 Å². The standard InChI is InChI=1S/C19H23N3O5/c1-12-9-22(10-13(2)27-12)17(23)11-26-18(24)8-7-16-20-15-6-4-3-5-14(15)19(25)21-16/h3-6,12-13H,7-11H2,1-2H3,(H,20,21,25). The number of esters is 1. The van der Waals surface area contributed by atoms with Gasteiger partial charge in [0.15, 0.2) is 6.61 Å². The molecular formula is C19H23N3O5. The van der Waals surface area contributed by atoms with Gasteiger partial charge >= 0.3 is 5.97 Å². The molecule has 8 nitrogen and oxygen atoms in total. The molecule has 1 aliphatic rings. The summed E-state index contributed by atoms with van der Waals surface area (Å²) < 4.78 is 10.7. The molecule has 1 aliphatic heterocycles. The molecule has 27 heavy (non-hydrogen) atoms. The van der Waals surface area contributed by atoms with Crippen molar-refractivity contribution in [1.82, 2.24) is 14.9 Å². The fraction of sp³-hybridized carbons (Fsp3) is 0.474. The molecule has 0 aliphatic carbocycles. The molecule has 1 aromatic heterocycles. The maximum atomic E-state index is 12.2. The Morgan fingerprint density at radius 3 is 2.70 bits per heavy atom. The topological polar surface area (TPSA) is 102 Å². The number of ether oxygens (including phenoxy) is 2. The van der Waals surface area contributed by atoms with Crippen LogP contribution in [-0.2, 0) is 25.5 Å². The summed E-state index contributed by atoms with van der Waals surface area (Å²) in [5.41, 5.74) is 0.338. The van der Waals surface area contributed by atoms with Crippen molar-refractivity contribution in [2.45, 2.75) is 38.9 Å². The van der Waals surface area contributed by atoms with E-state index in [2.05, 4.69) is 9.97 Å². The first-order chi connectivity index (χ1) is 12.9. The molecule has 1 N–H and O–H groups in total. The van der Waals surface area contributed by atoms with Gasteiger partial charge in [-0.2, -0.15) is 0 Å². The Labute approximate surface area is 156 Å². The van der Waals surface area contributed by atoms with Gasteiger partial charge < -0.3 is 19.4 Å². The van der Waals surface area contributed by atoms with Gasteiger partial charge in [-0.15, -0.1) is 0 Å². The number of aromatic nitrogens is 2. The molecule has 2 aromatic rings. The molecule has 144 valence electrons. The number of nitrogens with one attached hydrogen (secondary N) is 1. The third kappa shape index (κ3) is 4.91. The van der Waals surface area contributed by atoms with Crippen molar-refractivity contribution in [2.24, 2.45) is 0 Å². The summed E-state index contributed by atoms with van der Waals surface area (Å²) >= 11 is 0. The summed E-state index contributed by atoms with van der Waals surface area (Å²) in [5.74, 6) is -0.325. The molecule has 2 atom stereocenters. The molecule has 1 fully saturated rings. The van der Waals surface area contributed by atoms with Gasteiger partial charge in [-0.25, -0.2) is 4.98 Å². The fourth-order valence-corrected chi connectivity index (χ4v) is 3.16. The van der Waals surface area contributed by atoms with Gasteiger partial charge in [0.25, 0.3) is 11.5 Å². The third-order valence-corrected chi connectivity index (χ3v) is 4.36. The second kappa shape index (κ2) is 8.30. The van der Waals surface area contributed by atoms with E-state index >= 15 is 0 Å². The van der Waals surface area contributed by atoms with Gasteiger partial charge in [0.1, 0.15) is 5.82 Å². The molecule has 0 radical (unpaired) electrons. The maximum Gasteiger partial charge on any atom is 0.306 e. The number of hydrogen-bond donors (Lipinski definition) is 1. The van der Waals surface area contributed by atoms with Gasteiger partial charge in [-0.3, -0.25) is 14.4 Å². The lowest BCUT2D eigenvalue weighted by molar-refractivity contribution is -0.157. The lowest BCUT2D eigenvalue weighted by Crippen LogP contribution is -2.49. The van der Waals surface area contributed by atoms with Crippen molar-refractivity contribution < 1.29 is 19.1 Å². The van der Waals surface area contributed by atoms with Gasteiger partial charge in [0.2, 0.25) is 0 Å². The quantitative estimate of drug-likeness (QED) is 0.786. The number of fused-ring (bicyclic) bond motifs is 1. The van der Waals surface area contributed by atoms with Crippen LogP contribution in [0.3, 0.4) is 0 Å². The molecule has 1 saturated heterocycles. The molecule has 3 rings (SSSR count). The van der Waals surface area contributed by atoms with Crippen LogP contribution in [0.25, 0.3) is 10.9 Å². The number of H-pyrrole nitrogens is 1. The van der Waals surface area contributed by atoms with Crippen molar-refractivity contribution in [2.75, 3.05) is 19.7 Å². The summed E-state index contributed by atoms with van der Waals surface area (Å²) in [5, 5.41) is 0.503. The number of aryl methyl sites for hydroxylation is 1. The van der Waals surface area contributed by atoms with Crippen LogP contribution >= 0.6 is 0 Å². The molecule has 2 unspecified atom stereocenters. The van der Waals surface area contributed by atoms with Crippen LogP contribution < -0.4 is 5.56 Å². The molecule has 0 saturated carbocycles. The number of hydrogen-bond acceptors (Lipinski definition) is 6. The van der Waals surface area contributed by atoms with E-state index in [1.54, 1.807) is 29.2 Å². The highest BCUT2D eigenvalue weighted by Gasteiger charge is 2.26. The highest BCUT2D eigenvalue weighted by Crippen LogP contribution is 2.11. The van der Waals surface area contributed by atoms with Crippen LogP contribution in [0.1, 0.15) is 26.1 Å². The van der Waals surface area contributed by atoms with Gasteiger partial charge in [0, 0.05) is 19.5 Å². The highest BCUT2D eigenvalue weighted by atomic mass is 16.5. The zero-order chi connectivity index (χ0) is 19.4. The number of rotatable bonds is 5. The number of benzene rings is 1. The first kappa shape index (κ1) is 19.0. The lowest BCUT2D eigenvalue weighted by atomic mass is 10.2. The first-order valence-electron chi connectivity index (χ1n) is 8.99. The average Bonchev–Trinajstić information content (AvgIpc) is 2.63. The second-order valence-corrected chi connectivity index (χ2v) is 6.75. The maximum absolute atomic E-state index is 12.2. The van der Waals surface area contributed by atoms with E-state index in [0.717, 1.165) is 0 Å². The molecule has 0 bridgehead atoms. The van der Waals surface area contributed by atoms with Crippen LogP contribution in [0.2, 0.25) is 0 Å². The number of morpholine rings is 1. The van der Waals surface area contributed by atoms with E-state index in [1.165, 1.54) is 0 Å². The van der Waals surface area contributed by atoms with Gasteiger partial charge in [0.05, 0.1) is 29.5 Å². The normalized spacial score (nSPS) is 19.9. The summed E-state index contributed by atoms with van der Waals surface area (Å²) in [6.07, 6.45) is 0.192. The van der Waals surface area contributed by atoms with Gasteiger partial charge in [-0.1, -0.05) is 12.1 Å². The number of nitrogens with zero attached hydrogens (tertiary/aromatic N) is 2. The minimum Gasteiger partial charge on any atom is -0.456 e. The van der Waals surface area contributed by atoms with E-state index in [4.69, 9.17) is 9.47 Å². The fourth-order valence-electron chi connectivity index (χ4n) is 3.16. The SMILES string of the molecule is CC1CN(C(=O)COC(=O)CCc2nc3ccccc3c(=O)[nH]2)CC(C)O1. The zero-order valence-corrected chi connectivity index (χ0v) is 15.4. The monoisotopic (exact) mass is 373 g/mol. The van der Waals surface area contributed by atoms with Crippen LogP contribution in [-0.4, -0.2) is 58.6 Å². The van der Waals surface area contributed by atoms with Crippen molar-refractivity contribution in [1.29, 1.82) is 0 Å². The molecule has 1 aromatic carbocycles. The van der Waals surface area contributed by atoms with Crippen LogP contribution in [0.4, 0.5) is 0 Å². The first-order valence-corrected chi connectivity index (χ1v) is 8.99. The number of carbonyl (C=O) groups is 2. The van der Waals surface area contributed by atoms with Crippen molar-refractivity contribution in [3.63, 3.8) is 0 Å². The number of aromatic amines is 1. The smallest absolute Gasteiger partial charge is 0.306 e. The zero-order valence-electron chi connectivity index (χ0n) is 15.4. The third-order valence-electron chi connectivity index (χ3n) is 4.36.